The highest BCUT2D eigenvalue weighted by atomic mass is 16.3. The quantitative estimate of drug-likeness (QED) is 0.640. The lowest BCUT2D eigenvalue weighted by atomic mass is 9.88. The second-order valence-corrected chi connectivity index (χ2v) is 4.31. The number of nitrogens with zero attached hydrogens (tertiary/aromatic N) is 1. The fourth-order valence-electron chi connectivity index (χ4n) is 2.61. The molecule has 0 saturated carbocycles. The minimum atomic E-state index is -0.129. The molecule has 0 saturated heterocycles. The highest BCUT2D eigenvalue weighted by Crippen LogP contribution is 2.35. The minimum absolute atomic E-state index is 0.0325. The Bertz CT molecular complexity index is 479. The first-order valence-electron chi connectivity index (χ1n) is 5.52. The third kappa shape index (κ3) is 1.32. The van der Waals surface area contributed by atoms with Crippen molar-refractivity contribution < 1.29 is 9.90 Å². The number of fused-ring (bicyclic) bond motifs is 3. The Morgan fingerprint density at radius 3 is 3.00 bits per heavy atom. The molecule has 0 aliphatic carbocycles. The summed E-state index contributed by atoms with van der Waals surface area (Å²) in [5.74, 6) is -0.182. The molecule has 1 aromatic carbocycles. The lowest BCUT2D eigenvalue weighted by Gasteiger charge is -2.41. The lowest BCUT2D eigenvalue weighted by molar-refractivity contribution is -0.310. The van der Waals surface area contributed by atoms with E-state index in [4.69, 9.17) is 0 Å². The van der Waals surface area contributed by atoms with Gasteiger partial charge in [-0.3, -0.25) is 4.79 Å². The standard InChI is InChI=1S/C13H13NO2/c15-10-7-12-11-4-2-1-3-9(11)5-6-14(12)13(16)8-10/h1-4,8,12,15H,5-7H2/p-1. The van der Waals surface area contributed by atoms with Gasteiger partial charge in [0.05, 0.1) is 6.04 Å². The predicted molar refractivity (Wildman–Crippen MR) is 57.3 cm³/mol. The zero-order valence-electron chi connectivity index (χ0n) is 8.85. The first-order valence-corrected chi connectivity index (χ1v) is 5.52. The largest absolute Gasteiger partial charge is 0.875 e. The topological polar surface area (TPSA) is 43.4 Å². The Labute approximate surface area is 94.0 Å². The SMILES string of the molecule is O=C1C=C([O-])CC2c3ccccc3CCN12. The van der Waals surface area contributed by atoms with Crippen molar-refractivity contribution >= 4 is 5.91 Å². The van der Waals surface area contributed by atoms with Crippen LogP contribution in [-0.2, 0) is 11.2 Å². The summed E-state index contributed by atoms with van der Waals surface area (Å²) in [5, 5.41) is 11.4. The van der Waals surface area contributed by atoms with Crippen molar-refractivity contribution in [2.24, 2.45) is 0 Å². The van der Waals surface area contributed by atoms with E-state index in [0.29, 0.717) is 6.42 Å². The Hall–Kier alpha value is -1.77. The van der Waals surface area contributed by atoms with Crippen molar-refractivity contribution in [2.75, 3.05) is 6.54 Å². The highest BCUT2D eigenvalue weighted by molar-refractivity contribution is 5.89. The smallest absolute Gasteiger partial charge is 0.246 e. The van der Waals surface area contributed by atoms with Gasteiger partial charge < -0.3 is 10.0 Å². The number of rotatable bonds is 0. The minimum Gasteiger partial charge on any atom is -0.875 e. The summed E-state index contributed by atoms with van der Waals surface area (Å²) in [6, 6.07) is 8.05. The van der Waals surface area contributed by atoms with Gasteiger partial charge in [-0.1, -0.05) is 24.3 Å². The van der Waals surface area contributed by atoms with E-state index >= 15 is 0 Å². The van der Waals surface area contributed by atoms with Crippen LogP contribution in [0.5, 0.6) is 0 Å². The molecule has 2 heterocycles. The summed E-state index contributed by atoms with van der Waals surface area (Å²) in [5.41, 5.74) is 2.41. The number of carbonyl (C=O) groups excluding carboxylic acids is 1. The van der Waals surface area contributed by atoms with Gasteiger partial charge in [0.15, 0.2) is 0 Å². The maximum absolute atomic E-state index is 11.7. The van der Waals surface area contributed by atoms with Crippen molar-refractivity contribution in [3.8, 4) is 0 Å². The van der Waals surface area contributed by atoms with Crippen LogP contribution in [0.1, 0.15) is 23.6 Å². The monoisotopic (exact) mass is 214 g/mol. The van der Waals surface area contributed by atoms with Crippen molar-refractivity contribution in [2.45, 2.75) is 18.9 Å². The molecule has 3 heteroatoms. The normalized spacial score (nSPS) is 23.5. The molecule has 3 rings (SSSR count). The first-order chi connectivity index (χ1) is 7.75. The van der Waals surface area contributed by atoms with Gasteiger partial charge in [-0.05, 0) is 30.0 Å². The van der Waals surface area contributed by atoms with Gasteiger partial charge in [-0.2, -0.15) is 0 Å². The second kappa shape index (κ2) is 3.37. The predicted octanol–water partition coefficient (Wildman–Crippen LogP) is 0.760. The molecule has 0 radical (unpaired) electrons. The Morgan fingerprint density at radius 1 is 1.31 bits per heavy atom. The average molecular weight is 214 g/mol. The summed E-state index contributed by atoms with van der Waals surface area (Å²) >= 11 is 0. The van der Waals surface area contributed by atoms with E-state index in [2.05, 4.69) is 6.07 Å². The molecule has 0 bridgehead atoms. The van der Waals surface area contributed by atoms with E-state index in [9.17, 15) is 9.90 Å². The Balaban J connectivity index is 2.07. The molecule has 1 unspecified atom stereocenters. The highest BCUT2D eigenvalue weighted by Gasteiger charge is 2.31. The van der Waals surface area contributed by atoms with Crippen molar-refractivity contribution in [3.05, 3.63) is 47.2 Å². The van der Waals surface area contributed by atoms with Gasteiger partial charge in [0.1, 0.15) is 0 Å². The van der Waals surface area contributed by atoms with E-state index in [1.807, 2.05) is 23.1 Å². The van der Waals surface area contributed by atoms with Crippen molar-refractivity contribution in [1.82, 2.24) is 4.90 Å². The molecular weight excluding hydrogens is 202 g/mol. The van der Waals surface area contributed by atoms with Crippen LogP contribution in [0.2, 0.25) is 0 Å². The molecule has 0 aromatic heterocycles. The molecule has 1 amide bonds. The van der Waals surface area contributed by atoms with Crippen LogP contribution in [0.3, 0.4) is 0 Å². The van der Waals surface area contributed by atoms with E-state index in [1.54, 1.807) is 0 Å². The molecule has 82 valence electrons. The Morgan fingerprint density at radius 2 is 2.12 bits per heavy atom. The van der Waals surface area contributed by atoms with Gasteiger partial charge in [-0.15, -0.1) is 5.76 Å². The molecule has 1 aromatic rings. The van der Waals surface area contributed by atoms with E-state index in [-0.39, 0.29) is 17.7 Å². The van der Waals surface area contributed by atoms with Gasteiger partial charge in [-0.25, -0.2) is 0 Å². The van der Waals surface area contributed by atoms with Crippen LogP contribution in [0.25, 0.3) is 0 Å². The molecule has 2 aliphatic heterocycles. The third-order valence-corrected chi connectivity index (χ3v) is 3.37. The lowest BCUT2D eigenvalue weighted by Crippen LogP contribution is -2.43. The Kier molecular flexibility index (Phi) is 1.99. The van der Waals surface area contributed by atoms with Crippen molar-refractivity contribution in [1.29, 1.82) is 0 Å². The molecule has 0 N–H and O–H groups in total. The number of carbonyl (C=O) groups is 1. The third-order valence-electron chi connectivity index (χ3n) is 3.37. The number of benzene rings is 1. The van der Waals surface area contributed by atoms with Crippen LogP contribution >= 0.6 is 0 Å². The van der Waals surface area contributed by atoms with Gasteiger partial charge in [0.2, 0.25) is 5.91 Å². The van der Waals surface area contributed by atoms with Crippen LogP contribution in [-0.4, -0.2) is 17.4 Å². The van der Waals surface area contributed by atoms with Crippen LogP contribution in [0.15, 0.2) is 36.1 Å². The second-order valence-electron chi connectivity index (χ2n) is 4.31. The average Bonchev–Trinajstić information content (AvgIpc) is 2.28. The van der Waals surface area contributed by atoms with E-state index in [1.165, 1.54) is 11.6 Å². The summed E-state index contributed by atoms with van der Waals surface area (Å²) in [6.07, 6.45) is 2.55. The zero-order valence-corrected chi connectivity index (χ0v) is 8.85. The molecule has 0 spiro atoms. The van der Waals surface area contributed by atoms with Crippen molar-refractivity contribution in [3.63, 3.8) is 0 Å². The molecule has 0 fully saturated rings. The first kappa shape index (κ1) is 9.46. The maximum Gasteiger partial charge on any atom is 0.246 e. The van der Waals surface area contributed by atoms with Crippen LogP contribution in [0.4, 0.5) is 0 Å². The maximum atomic E-state index is 11.7. The molecule has 2 aliphatic rings. The number of hydrogen-bond acceptors (Lipinski definition) is 2. The zero-order chi connectivity index (χ0) is 11.1. The fourth-order valence-corrected chi connectivity index (χ4v) is 2.61. The fraction of sp³-hybridized carbons (Fsp3) is 0.308. The van der Waals surface area contributed by atoms with E-state index in [0.717, 1.165) is 18.5 Å². The summed E-state index contributed by atoms with van der Waals surface area (Å²) in [6.45, 7) is 0.726. The van der Waals surface area contributed by atoms with Gasteiger partial charge >= 0.3 is 0 Å². The van der Waals surface area contributed by atoms with Gasteiger partial charge in [0, 0.05) is 6.54 Å². The number of amides is 1. The molecular formula is C13H12NO2-. The molecule has 16 heavy (non-hydrogen) atoms. The summed E-state index contributed by atoms with van der Waals surface area (Å²) in [7, 11) is 0. The van der Waals surface area contributed by atoms with Crippen LogP contribution < -0.4 is 5.11 Å². The molecule has 3 nitrogen and oxygen atoms in total. The summed E-state index contributed by atoms with van der Waals surface area (Å²) < 4.78 is 0. The van der Waals surface area contributed by atoms with Gasteiger partial charge in [0.25, 0.3) is 0 Å². The van der Waals surface area contributed by atoms with E-state index < -0.39 is 0 Å². The number of hydrogen-bond donors (Lipinski definition) is 0. The summed E-state index contributed by atoms with van der Waals surface area (Å²) in [4.78, 5) is 13.5. The van der Waals surface area contributed by atoms with Crippen LogP contribution in [0, 0.1) is 0 Å². The molecule has 1 atom stereocenters.